The predicted octanol–water partition coefficient (Wildman–Crippen LogP) is -4.70. The molecule has 27 heteroatoms. The molecule has 0 saturated carbocycles. The van der Waals surface area contributed by atoms with E-state index in [1.54, 1.807) is 44.2 Å². The number of nitrogens with two attached hydrogens (primary N) is 3. The number of amides is 10. The predicted molar refractivity (Wildman–Crippen MR) is 273 cm³/mol. The highest BCUT2D eigenvalue weighted by molar-refractivity contribution is 5.99. The Kier molecular flexibility index (Phi) is 25.3. The number of phenolic OH excluding ortho intramolecular Hbond substituents is 1. The lowest BCUT2D eigenvalue weighted by Gasteiger charge is -2.32. The molecule has 18 N–H and O–H groups in total. The highest BCUT2D eigenvalue weighted by Crippen LogP contribution is 2.21. The summed E-state index contributed by atoms with van der Waals surface area (Å²) in [5.74, 6) is -11.5. The molecule has 2 aromatic carbocycles. The van der Waals surface area contributed by atoms with Crippen LogP contribution < -0.4 is 54.4 Å². The molecule has 1 aliphatic heterocycles. The first-order chi connectivity index (χ1) is 36.3. The molecule has 27 nitrogen and oxygen atoms in total. The molecular formula is C50H73N11O16. The molecule has 0 bridgehead atoms. The maximum atomic E-state index is 14.4. The van der Waals surface area contributed by atoms with Gasteiger partial charge in [-0.15, -0.1) is 0 Å². The summed E-state index contributed by atoms with van der Waals surface area (Å²) in [7, 11) is 0. The molecule has 3 rings (SSSR count). The maximum Gasteiger partial charge on any atom is 0.328 e. The summed E-state index contributed by atoms with van der Waals surface area (Å²) in [6, 6.07) is -0.0742. The van der Waals surface area contributed by atoms with Gasteiger partial charge in [-0.2, -0.15) is 0 Å². The second-order valence-corrected chi connectivity index (χ2v) is 19.0. The Bertz CT molecular complexity index is 2390. The van der Waals surface area contributed by atoms with Crippen LogP contribution in [0.15, 0.2) is 54.6 Å². The van der Waals surface area contributed by atoms with Crippen LogP contribution in [0.2, 0.25) is 0 Å². The van der Waals surface area contributed by atoms with Crippen molar-refractivity contribution in [3.05, 3.63) is 65.7 Å². The number of phenols is 1. The van der Waals surface area contributed by atoms with E-state index in [1.807, 2.05) is 0 Å². The van der Waals surface area contributed by atoms with Crippen molar-refractivity contribution in [3.8, 4) is 5.75 Å². The van der Waals surface area contributed by atoms with Crippen LogP contribution in [0.4, 0.5) is 0 Å². The van der Waals surface area contributed by atoms with Crippen molar-refractivity contribution >= 4 is 65.0 Å². The molecule has 10 amide bonds. The van der Waals surface area contributed by atoms with E-state index < -0.39 is 151 Å². The summed E-state index contributed by atoms with van der Waals surface area (Å²) in [5, 5.41) is 67.7. The summed E-state index contributed by atoms with van der Waals surface area (Å²) in [4.78, 5) is 147. The molecule has 1 fully saturated rings. The normalized spacial score (nSPS) is 17.4. The number of rotatable bonds is 31. The monoisotopic (exact) mass is 1080 g/mol. The fraction of sp³-hybridized carbons (Fsp3) is 0.540. The van der Waals surface area contributed by atoms with E-state index in [0.717, 1.165) is 11.8 Å². The highest BCUT2D eigenvalue weighted by atomic mass is 16.4. The number of likely N-dealkylation sites (tertiary alicyclic amines) is 1. The van der Waals surface area contributed by atoms with Crippen molar-refractivity contribution in [2.24, 2.45) is 23.1 Å². The van der Waals surface area contributed by atoms with Crippen LogP contribution in [0.5, 0.6) is 5.75 Å². The first-order valence-corrected chi connectivity index (χ1v) is 25.0. The van der Waals surface area contributed by atoms with Gasteiger partial charge in [0.25, 0.3) is 0 Å². The number of carbonyl (C=O) groups excluding carboxylic acids is 10. The summed E-state index contributed by atoms with van der Waals surface area (Å²) in [6.07, 6.45) is -4.15. The van der Waals surface area contributed by atoms with E-state index >= 15 is 0 Å². The lowest BCUT2D eigenvalue weighted by molar-refractivity contribution is -0.146. The van der Waals surface area contributed by atoms with Gasteiger partial charge in [0.2, 0.25) is 59.1 Å². The first-order valence-electron chi connectivity index (χ1n) is 25.0. The smallest absolute Gasteiger partial charge is 0.328 e. The third kappa shape index (κ3) is 20.0. The zero-order valence-corrected chi connectivity index (χ0v) is 43.3. The summed E-state index contributed by atoms with van der Waals surface area (Å²) < 4.78 is 0. The topological polar surface area (TPSA) is 454 Å². The lowest BCUT2D eigenvalue weighted by atomic mass is 9.97. The molecule has 0 spiro atoms. The van der Waals surface area contributed by atoms with E-state index in [0.29, 0.717) is 17.5 Å². The average Bonchev–Trinajstić information content (AvgIpc) is 3.88. The number of benzene rings is 2. The number of hydrogen-bond acceptors (Lipinski definition) is 16. The van der Waals surface area contributed by atoms with Gasteiger partial charge in [-0.3, -0.25) is 47.9 Å². The van der Waals surface area contributed by atoms with E-state index in [9.17, 15) is 78.3 Å². The summed E-state index contributed by atoms with van der Waals surface area (Å²) in [5.41, 5.74) is 17.3. The molecule has 424 valence electrons. The summed E-state index contributed by atoms with van der Waals surface area (Å²) in [6.45, 7) is 4.55. The molecule has 0 unspecified atom stereocenters. The second-order valence-electron chi connectivity index (χ2n) is 19.0. The number of aliphatic carboxylic acids is 1. The Hall–Kier alpha value is -7.75. The maximum absolute atomic E-state index is 14.4. The minimum Gasteiger partial charge on any atom is -0.508 e. The molecule has 77 heavy (non-hydrogen) atoms. The molecule has 2 aromatic rings. The van der Waals surface area contributed by atoms with Crippen molar-refractivity contribution in [2.45, 2.75) is 152 Å². The van der Waals surface area contributed by atoms with Crippen LogP contribution >= 0.6 is 0 Å². The Balaban J connectivity index is 1.89. The van der Waals surface area contributed by atoms with Gasteiger partial charge in [0, 0.05) is 32.2 Å². The Labute approximate surface area is 444 Å². The zero-order chi connectivity index (χ0) is 57.7. The minimum absolute atomic E-state index is 0.0379. The standard InChI is InChI=1S/C50H73N11O16/c1-5-25(2)39(48(74)60-41(27(4)64)50(76)77)58-47(73)36-12-9-21-61(36)49(75)40(26(3)63)59-46(72)35(24-62)57-45(71)33(22-28-10-7-6-8-11-28)56-44(70)34(23-29-13-15-30(65)16-14-29)55-43(69)32(18-20-38(53)67)54-42(68)31(51)17-19-37(52)66/h6-8,10-11,13-16,25-27,31-36,39-41,62-65H,5,9,12,17-24,51H2,1-4H3,(H2,52,66)(H2,53,67)(H,54,68)(H,55,69)(H,56,70)(H,57,71)(H,58,73)(H,59,72)(H,60,74)(H,76,77)/t25-,26+,27+,31-,32-,33-,34-,35-,36-,39-,40-,41-/m0/s1. The molecule has 0 radical (unpaired) electrons. The van der Waals surface area contributed by atoms with Crippen LogP contribution in [0, 0.1) is 5.92 Å². The Morgan fingerprint density at radius 3 is 1.60 bits per heavy atom. The van der Waals surface area contributed by atoms with Gasteiger partial charge < -0.3 is 84.9 Å². The van der Waals surface area contributed by atoms with E-state index in [1.165, 1.54) is 31.2 Å². The van der Waals surface area contributed by atoms with Crippen molar-refractivity contribution < 1.29 is 78.3 Å². The number of nitrogens with zero attached hydrogens (tertiary/aromatic N) is 1. The average molecular weight is 1080 g/mol. The lowest BCUT2D eigenvalue weighted by Crippen LogP contribution is -2.63. The fourth-order valence-corrected chi connectivity index (χ4v) is 8.12. The first kappa shape index (κ1) is 63.5. The van der Waals surface area contributed by atoms with Gasteiger partial charge in [0.1, 0.15) is 48.0 Å². The van der Waals surface area contributed by atoms with Crippen LogP contribution in [0.1, 0.15) is 83.8 Å². The number of primary amides is 2. The third-order valence-corrected chi connectivity index (χ3v) is 12.8. The fourth-order valence-electron chi connectivity index (χ4n) is 8.12. The Morgan fingerprint density at radius 1 is 0.610 bits per heavy atom. The quantitative estimate of drug-likeness (QED) is 0.0337. The Morgan fingerprint density at radius 2 is 1.09 bits per heavy atom. The van der Waals surface area contributed by atoms with Gasteiger partial charge in [-0.05, 0) is 68.7 Å². The van der Waals surface area contributed by atoms with Gasteiger partial charge in [-0.1, -0.05) is 62.7 Å². The number of nitrogens with one attached hydrogen (secondary N) is 7. The van der Waals surface area contributed by atoms with Gasteiger partial charge in [-0.25, -0.2) is 4.79 Å². The molecule has 0 aliphatic carbocycles. The molecule has 1 aliphatic rings. The van der Waals surface area contributed by atoms with E-state index in [2.05, 4.69) is 37.2 Å². The number of carboxylic acid groups (broad SMARTS) is 1. The van der Waals surface area contributed by atoms with Crippen LogP contribution in [0.25, 0.3) is 0 Å². The number of aliphatic hydroxyl groups is 3. The van der Waals surface area contributed by atoms with Crippen LogP contribution in [-0.2, 0) is 65.6 Å². The van der Waals surface area contributed by atoms with Crippen molar-refractivity contribution in [2.75, 3.05) is 13.2 Å². The van der Waals surface area contributed by atoms with Crippen molar-refractivity contribution in [1.82, 2.24) is 42.1 Å². The molecular weight excluding hydrogens is 1010 g/mol. The van der Waals surface area contributed by atoms with E-state index in [4.69, 9.17) is 17.2 Å². The van der Waals surface area contributed by atoms with Gasteiger partial charge >= 0.3 is 5.97 Å². The molecule has 12 atom stereocenters. The number of aromatic hydroxyl groups is 1. The zero-order valence-electron chi connectivity index (χ0n) is 43.3. The second kappa shape index (κ2) is 30.7. The third-order valence-electron chi connectivity index (χ3n) is 12.8. The van der Waals surface area contributed by atoms with E-state index in [-0.39, 0.29) is 57.2 Å². The number of carboxylic acids is 1. The van der Waals surface area contributed by atoms with Crippen molar-refractivity contribution in [1.29, 1.82) is 0 Å². The summed E-state index contributed by atoms with van der Waals surface area (Å²) >= 11 is 0. The van der Waals surface area contributed by atoms with Gasteiger partial charge in [0.05, 0.1) is 24.9 Å². The SMILES string of the molecule is CC[C@H](C)[C@H](NC(=O)[C@@H]1CCCN1C(=O)[C@@H](NC(=O)[C@H](CO)NC(=O)[C@H](Cc1ccccc1)NC(=O)[C@H](Cc1ccc(O)cc1)NC(=O)[C@H](CCC(N)=O)NC(=O)[C@@H](N)CCC(N)=O)[C@@H](C)O)C(=O)N[C@H](C(=O)O)[C@@H](C)O. The number of aliphatic hydroxyl groups excluding tert-OH is 3. The molecule has 1 heterocycles. The van der Waals surface area contributed by atoms with Crippen LogP contribution in [-0.4, -0.2) is 175 Å². The molecule has 1 saturated heterocycles. The van der Waals surface area contributed by atoms with Crippen molar-refractivity contribution in [3.63, 3.8) is 0 Å². The largest absolute Gasteiger partial charge is 0.508 e. The van der Waals surface area contributed by atoms with Gasteiger partial charge in [0.15, 0.2) is 6.04 Å². The molecule has 0 aromatic heterocycles. The number of hydrogen-bond donors (Lipinski definition) is 15. The minimum atomic E-state index is -1.84. The van der Waals surface area contributed by atoms with Crippen LogP contribution in [0.3, 0.4) is 0 Å². The highest BCUT2D eigenvalue weighted by Gasteiger charge is 2.42. The number of carbonyl (C=O) groups is 11.